The molecule has 12 aromatic carbocycles. The van der Waals surface area contributed by atoms with Gasteiger partial charge in [0.2, 0.25) is 0 Å². The van der Waals surface area contributed by atoms with Crippen LogP contribution in [0.1, 0.15) is 44.5 Å². The lowest BCUT2D eigenvalue weighted by atomic mass is 9.65. The van der Waals surface area contributed by atoms with E-state index in [-0.39, 0.29) is 0 Å². The highest BCUT2D eigenvalue weighted by Crippen LogP contribution is 2.67. The lowest BCUT2D eigenvalue weighted by Crippen LogP contribution is -2.32. The van der Waals surface area contributed by atoms with E-state index in [0.717, 1.165) is 83.2 Å². The zero-order chi connectivity index (χ0) is 47.6. The topological polar surface area (TPSA) is 25.6 Å². The molecule has 0 unspecified atom stereocenters. The Hall–Kier alpha value is -9.44. The summed E-state index contributed by atoms with van der Waals surface area (Å²) in [5, 5.41) is 6.71. The van der Waals surface area contributed by atoms with Crippen molar-refractivity contribution in [1.29, 1.82) is 0 Å². The van der Waals surface area contributed by atoms with Gasteiger partial charge in [0.15, 0.2) is 0 Å². The van der Waals surface area contributed by atoms with Gasteiger partial charge in [0.1, 0.15) is 22.7 Å². The molecule has 0 amide bonds. The van der Waals surface area contributed by atoms with Crippen LogP contribution in [0.3, 0.4) is 0 Å². The van der Waals surface area contributed by atoms with Crippen LogP contribution in [0.4, 0.5) is 17.1 Å². The molecule has 2 heterocycles. The predicted octanol–water partition coefficient (Wildman–Crippen LogP) is 18.2. The fourth-order valence-electron chi connectivity index (χ4n) is 14.1. The molecule has 0 radical (unpaired) electrons. The maximum Gasteiger partial charge on any atom is 0.140 e. The van der Waals surface area contributed by atoms with E-state index in [9.17, 15) is 0 Å². The van der Waals surface area contributed by atoms with Gasteiger partial charge in [0.25, 0.3) is 0 Å². The van der Waals surface area contributed by atoms with Crippen molar-refractivity contribution < 1.29 is 9.15 Å². The molecule has 3 aliphatic carbocycles. The van der Waals surface area contributed by atoms with E-state index < -0.39 is 10.8 Å². The molecule has 17 rings (SSSR count). The Labute approximate surface area is 421 Å². The monoisotopic (exact) mass is 927 g/mol. The van der Waals surface area contributed by atoms with Crippen molar-refractivity contribution >= 4 is 60.5 Å². The first-order valence-electron chi connectivity index (χ1n) is 25.3. The fraction of sp³-hybridized carbons (Fsp3) is 0.0286. The van der Waals surface area contributed by atoms with Crippen LogP contribution in [0.25, 0.3) is 76.9 Å². The summed E-state index contributed by atoms with van der Waals surface area (Å²) >= 11 is 0. The summed E-state index contributed by atoms with van der Waals surface area (Å²) in [6, 6.07) is 92.2. The van der Waals surface area contributed by atoms with Crippen LogP contribution < -0.4 is 9.64 Å². The van der Waals surface area contributed by atoms with Crippen molar-refractivity contribution in [3.63, 3.8) is 0 Å². The van der Waals surface area contributed by atoms with E-state index in [1.807, 2.05) is 0 Å². The molecule has 0 saturated carbocycles. The van der Waals surface area contributed by atoms with Gasteiger partial charge in [-0.05, 0) is 108 Å². The van der Waals surface area contributed by atoms with Crippen LogP contribution in [0.2, 0.25) is 0 Å². The molecule has 0 saturated heterocycles. The molecule has 13 aromatic rings. The van der Waals surface area contributed by atoms with Crippen LogP contribution >= 0.6 is 0 Å². The molecule has 0 N–H and O–H groups in total. The van der Waals surface area contributed by atoms with Crippen LogP contribution in [0.15, 0.2) is 253 Å². The number of para-hydroxylation sites is 1. The Morgan fingerprint density at radius 2 is 0.753 bits per heavy atom. The average Bonchev–Trinajstić information content (AvgIpc) is 4.26. The normalized spacial score (nSPS) is 14.4. The Bertz CT molecular complexity index is 4430. The highest BCUT2D eigenvalue weighted by Gasteiger charge is 2.54. The Kier molecular flexibility index (Phi) is 7.60. The quantitative estimate of drug-likeness (QED) is 0.177. The second-order valence-corrected chi connectivity index (χ2v) is 20.2. The maximum atomic E-state index is 7.35. The standard InChI is InChI=1S/C70H41NO2/c1-3-18-46-42(16-1)32-38-60-67(46)73-68-47-19-4-2-17-43(47)33-39-61(68)70(60)58-28-13-8-24-54(58)66-59(70)29-15-30-63(66)71(45-35-37-53-52-23-9-14-31-64(52)72-65(53)41-45)44-34-36-51-50-22-7-12-27-57(50)69(62(51)40-44)55-25-10-5-20-48(55)49-21-6-11-26-56(49)69/h1-41H. The van der Waals surface area contributed by atoms with Crippen LogP contribution in [0.5, 0.6) is 11.5 Å². The van der Waals surface area contributed by atoms with Gasteiger partial charge in [-0.3, -0.25) is 0 Å². The van der Waals surface area contributed by atoms with Crippen molar-refractivity contribution in [2.45, 2.75) is 10.8 Å². The molecular formula is C70H41NO2. The highest BCUT2D eigenvalue weighted by molar-refractivity contribution is 6.08. The second-order valence-electron chi connectivity index (χ2n) is 20.2. The number of ether oxygens (including phenoxy) is 1. The number of nitrogens with zero attached hydrogens (tertiary/aromatic N) is 1. The maximum absolute atomic E-state index is 7.35. The van der Waals surface area contributed by atoms with Crippen molar-refractivity contribution in [1.82, 2.24) is 0 Å². The summed E-state index contributed by atoms with van der Waals surface area (Å²) in [7, 11) is 0. The zero-order valence-electron chi connectivity index (χ0n) is 39.4. The minimum absolute atomic E-state index is 0.514. The van der Waals surface area contributed by atoms with E-state index in [1.165, 1.54) is 66.8 Å². The highest BCUT2D eigenvalue weighted by atomic mass is 16.5. The molecule has 0 bridgehead atoms. The van der Waals surface area contributed by atoms with Crippen molar-refractivity contribution in [2.75, 3.05) is 4.90 Å². The molecule has 338 valence electrons. The van der Waals surface area contributed by atoms with Crippen LogP contribution in [0, 0.1) is 0 Å². The van der Waals surface area contributed by atoms with Crippen molar-refractivity contribution in [3.05, 3.63) is 293 Å². The predicted molar refractivity (Wildman–Crippen MR) is 297 cm³/mol. The molecule has 1 aromatic heterocycles. The molecule has 4 aliphatic rings. The lowest BCUT2D eigenvalue weighted by Gasteiger charge is -2.40. The van der Waals surface area contributed by atoms with Gasteiger partial charge in [-0.25, -0.2) is 0 Å². The number of benzene rings is 12. The average molecular weight is 928 g/mol. The summed E-state index contributed by atoms with van der Waals surface area (Å²) in [4.78, 5) is 2.51. The number of furan rings is 1. The van der Waals surface area contributed by atoms with Gasteiger partial charge in [0, 0.05) is 55.7 Å². The van der Waals surface area contributed by atoms with Crippen molar-refractivity contribution in [2.24, 2.45) is 0 Å². The number of rotatable bonds is 3. The van der Waals surface area contributed by atoms with Crippen LogP contribution in [-0.2, 0) is 10.8 Å². The van der Waals surface area contributed by atoms with Gasteiger partial charge in [-0.1, -0.05) is 206 Å². The summed E-state index contributed by atoms with van der Waals surface area (Å²) in [6.07, 6.45) is 0. The second kappa shape index (κ2) is 14.1. The molecular weight excluding hydrogens is 887 g/mol. The number of hydrogen-bond donors (Lipinski definition) is 0. The smallest absolute Gasteiger partial charge is 0.140 e. The summed E-state index contributed by atoms with van der Waals surface area (Å²) < 4.78 is 14.1. The summed E-state index contributed by atoms with van der Waals surface area (Å²) in [6.45, 7) is 0. The van der Waals surface area contributed by atoms with Gasteiger partial charge >= 0.3 is 0 Å². The molecule has 3 heteroatoms. The lowest BCUT2D eigenvalue weighted by molar-refractivity contribution is 0.447. The van der Waals surface area contributed by atoms with E-state index in [4.69, 9.17) is 9.15 Å². The molecule has 0 fully saturated rings. The Morgan fingerprint density at radius 1 is 0.288 bits per heavy atom. The minimum atomic E-state index is -0.714. The summed E-state index contributed by atoms with van der Waals surface area (Å²) in [5.41, 5.74) is 21.2. The SMILES string of the molecule is c1ccc2c(c1)-c1ccccc1C21c2ccccc2-c2ccc(N(c3ccc4c(c3)oc3ccccc34)c3cccc4c3-c3ccccc3C43c4ccc5ccccc5c4Oc4c3ccc3ccccc43)cc21. The number of fused-ring (bicyclic) bond motifs is 26. The first kappa shape index (κ1) is 39.3. The molecule has 73 heavy (non-hydrogen) atoms. The van der Waals surface area contributed by atoms with E-state index in [2.05, 4.69) is 254 Å². The van der Waals surface area contributed by atoms with Gasteiger partial charge in [-0.2, -0.15) is 0 Å². The third-order valence-electron chi connectivity index (χ3n) is 16.9. The largest absolute Gasteiger partial charge is 0.456 e. The Morgan fingerprint density at radius 3 is 1.40 bits per heavy atom. The van der Waals surface area contributed by atoms with E-state index in [1.54, 1.807) is 0 Å². The molecule has 2 spiro atoms. The third kappa shape index (κ3) is 4.85. The minimum Gasteiger partial charge on any atom is -0.456 e. The van der Waals surface area contributed by atoms with Crippen molar-refractivity contribution in [3.8, 4) is 44.9 Å². The molecule has 1 aliphatic heterocycles. The van der Waals surface area contributed by atoms with Gasteiger partial charge in [0.05, 0.1) is 16.5 Å². The van der Waals surface area contributed by atoms with E-state index >= 15 is 0 Å². The van der Waals surface area contributed by atoms with Gasteiger partial charge in [-0.15, -0.1) is 0 Å². The van der Waals surface area contributed by atoms with E-state index in [0.29, 0.717) is 0 Å². The van der Waals surface area contributed by atoms with Crippen LogP contribution in [-0.4, -0.2) is 0 Å². The summed E-state index contributed by atoms with van der Waals surface area (Å²) in [5.74, 6) is 1.81. The molecule has 3 nitrogen and oxygen atoms in total. The Balaban J connectivity index is 0.984. The fourth-order valence-corrected chi connectivity index (χ4v) is 14.1. The first-order valence-corrected chi connectivity index (χ1v) is 25.3. The third-order valence-corrected chi connectivity index (χ3v) is 16.9. The first-order chi connectivity index (χ1) is 36.2. The number of hydrogen-bond acceptors (Lipinski definition) is 3. The zero-order valence-corrected chi connectivity index (χ0v) is 39.4. The van der Waals surface area contributed by atoms with Gasteiger partial charge < -0.3 is 14.1 Å². The molecule has 0 atom stereocenters. The number of anilines is 3.